The molecule has 2 N–H and O–H groups in total. The van der Waals surface area contributed by atoms with Gasteiger partial charge in [0.15, 0.2) is 5.82 Å². The van der Waals surface area contributed by atoms with Crippen LogP contribution in [0.5, 0.6) is 0 Å². The molecule has 0 saturated carbocycles. The minimum Gasteiger partial charge on any atom is -0.481 e. The fraction of sp³-hybridized carbons (Fsp3) is 0.273. The Morgan fingerprint density at radius 3 is 2.53 bits per heavy atom. The van der Waals surface area contributed by atoms with Crippen molar-refractivity contribution in [2.24, 2.45) is 5.92 Å². The van der Waals surface area contributed by atoms with Crippen molar-refractivity contribution >= 4 is 33.6 Å². The van der Waals surface area contributed by atoms with Gasteiger partial charge in [0.05, 0.1) is 11.6 Å². The van der Waals surface area contributed by atoms with Crippen molar-refractivity contribution in [3.63, 3.8) is 0 Å². The predicted molar refractivity (Wildman–Crippen MR) is 65.8 cm³/mol. The summed E-state index contributed by atoms with van der Waals surface area (Å²) in [6.07, 6.45) is 0. The lowest BCUT2D eigenvalue weighted by Crippen LogP contribution is -2.54. The summed E-state index contributed by atoms with van der Waals surface area (Å²) in [5.41, 5.74) is -0.176. The molecule has 8 heteroatoms. The molecule has 19 heavy (non-hydrogen) atoms. The Labute approximate surface area is 115 Å². The van der Waals surface area contributed by atoms with Crippen molar-refractivity contribution in [1.29, 1.82) is 0 Å². The normalized spacial score (nSPS) is 15.0. The number of nitrogens with one attached hydrogen (secondary N) is 1. The largest absolute Gasteiger partial charge is 0.481 e. The maximum Gasteiger partial charge on any atom is 0.322 e. The van der Waals surface area contributed by atoms with E-state index in [1.54, 1.807) is 0 Å². The minimum atomic E-state index is -0.974. The number of carbonyl (C=O) groups excluding carboxylic acids is 1. The van der Waals surface area contributed by atoms with E-state index >= 15 is 0 Å². The molecular weight excluding hydrogens is 326 g/mol. The standard InChI is InChI=1S/C11H9BrF2N2O3/c12-7-1-6(13)2-8(14)9(7)15-11(19)16-3-5(4-16)10(17)18/h1-2,5H,3-4H2,(H,15,19)(H,17,18). The first-order valence-corrected chi connectivity index (χ1v) is 6.11. The number of hydrogen-bond donors (Lipinski definition) is 2. The Balaban J connectivity index is 2.03. The third-order valence-corrected chi connectivity index (χ3v) is 3.38. The number of halogens is 3. The molecule has 1 aliphatic heterocycles. The SMILES string of the molecule is O=C(O)C1CN(C(=O)Nc2c(F)cc(F)cc2Br)C1. The number of likely N-dealkylation sites (tertiary alicyclic amines) is 1. The number of benzene rings is 1. The van der Waals surface area contributed by atoms with Crippen molar-refractivity contribution in [3.05, 3.63) is 28.2 Å². The summed E-state index contributed by atoms with van der Waals surface area (Å²) in [5, 5.41) is 10.9. The second-order valence-electron chi connectivity index (χ2n) is 4.11. The summed E-state index contributed by atoms with van der Waals surface area (Å²) in [5.74, 6) is -3.24. The molecule has 1 aliphatic rings. The Bertz CT molecular complexity index is 524. The van der Waals surface area contributed by atoms with Gasteiger partial charge in [0.25, 0.3) is 0 Å². The van der Waals surface area contributed by atoms with Gasteiger partial charge in [0, 0.05) is 23.6 Å². The van der Waals surface area contributed by atoms with Gasteiger partial charge in [-0.25, -0.2) is 13.6 Å². The Morgan fingerprint density at radius 1 is 1.37 bits per heavy atom. The van der Waals surface area contributed by atoms with Crippen LogP contribution in [0.2, 0.25) is 0 Å². The average Bonchev–Trinajstić information content (AvgIpc) is 2.20. The third-order valence-electron chi connectivity index (χ3n) is 2.76. The van der Waals surface area contributed by atoms with E-state index in [-0.39, 0.29) is 23.2 Å². The van der Waals surface area contributed by atoms with Crippen molar-refractivity contribution < 1.29 is 23.5 Å². The molecule has 2 amide bonds. The molecule has 0 aromatic heterocycles. The number of amides is 2. The van der Waals surface area contributed by atoms with Gasteiger partial charge >= 0.3 is 12.0 Å². The summed E-state index contributed by atoms with van der Waals surface area (Å²) in [4.78, 5) is 23.5. The third kappa shape index (κ3) is 2.83. The summed E-state index contributed by atoms with van der Waals surface area (Å²) in [6, 6.07) is 1.05. The first kappa shape index (κ1) is 13.7. The van der Waals surface area contributed by atoms with Crippen molar-refractivity contribution in [3.8, 4) is 0 Å². The molecule has 0 radical (unpaired) electrons. The van der Waals surface area contributed by atoms with E-state index in [0.29, 0.717) is 6.07 Å². The minimum absolute atomic E-state index is 0.0710. The van der Waals surface area contributed by atoms with Gasteiger partial charge in [-0.2, -0.15) is 0 Å². The Kier molecular flexibility index (Phi) is 3.70. The van der Waals surface area contributed by atoms with Gasteiger partial charge in [-0.15, -0.1) is 0 Å². The van der Waals surface area contributed by atoms with E-state index in [4.69, 9.17) is 5.11 Å². The first-order chi connectivity index (χ1) is 8.88. The number of anilines is 1. The van der Waals surface area contributed by atoms with Crippen LogP contribution in [-0.4, -0.2) is 35.1 Å². The molecule has 0 spiro atoms. The van der Waals surface area contributed by atoms with Gasteiger partial charge in [-0.3, -0.25) is 4.79 Å². The van der Waals surface area contributed by atoms with E-state index < -0.39 is 29.6 Å². The average molecular weight is 335 g/mol. The maximum absolute atomic E-state index is 13.5. The van der Waals surface area contributed by atoms with E-state index in [1.165, 1.54) is 4.90 Å². The fourth-order valence-corrected chi connectivity index (χ4v) is 2.16. The zero-order valence-electron chi connectivity index (χ0n) is 9.49. The summed E-state index contributed by atoms with van der Waals surface area (Å²) >= 11 is 2.94. The van der Waals surface area contributed by atoms with E-state index in [2.05, 4.69) is 21.2 Å². The number of hydrogen-bond acceptors (Lipinski definition) is 2. The van der Waals surface area contributed by atoms with E-state index in [1.807, 2.05) is 0 Å². The highest BCUT2D eigenvalue weighted by atomic mass is 79.9. The van der Waals surface area contributed by atoms with Gasteiger partial charge in [-0.05, 0) is 22.0 Å². The molecular formula is C11H9BrF2N2O3. The van der Waals surface area contributed by atoms with Crippen molar-refractivity contribution in [2.45, 2.75) is 0 Å². The molecule has 102 valence electrons. The van der Waals surface area contributed by atoms with Crippen LogP contribution in [0, 0.1) is 17.6 Å². The van der Waals surface area contributed by atoms with Crippen molar-refractivity contribution in [1.82, 2.24) is 4.90 Å². The van der Waals surface area contributed by atoms with Gasteiger partial charge in [-0.1, -0.05) is 0 Å². The molecule has 1 heterocycles. The molecule has 1 fully saturated rings. The number of carboxylic acid groups (broad SMARTS) is 1. The predicted octanol–water partition coefficient (Wildman–Crippen LogP) is 2.28. The maximum atomic E-state index is 13.5. The lowest BCUT2D eigenvalue weighted by Gasteiger charge is -2.36. The van der Waals surface area contributed by atoms with E-state index in [9.17, 15) is 18.4 Å². The Hall–Kier alpha value is -1.70. The molecule has 0 atom stereocenters. The number of carboxylic acids is 1. The topological polar surface area (TPSA) is 69.6 Å². The lowest BCUT2D eigenvalue weighted by atomic mass is 10.0. The number of aliphatic carboxylic acids is 1. The van der Waals surface area contributed by atoms with Gasteiger partial charge in [0.2, 0.25) is 0 Å². The monoisotopic (exact) mass is 334 g/mol. The molecule has 5 nitrogen and oxygen atoms in total. The highest BCUT2D eigenvalue weighted by molar-refractivity contribution is 9.10. The van der Waals surface area contributed by atoms with Crippen LogP contribution < -0.4 is 5.32 Å². The van der Waals surface area contributed by atoms with Crippen LogP contribution in [0.15, 0.2) is 16.6 Å². The number of carbonyl (C=O) groups is 2. The van der Waals surface area contributed by atoms with Crippen LogP contribution in [-0.2, 0) is 4.79 Å². The zero-order valence-corrected chi connectivity index (χ0v) is 11.1. The second-order valence-corrected chi connectivity index (χ2v) is 4.97. The second kappa shape index (κ2) is 5.12. The zero-order chi connectivity index (χ0) is 14.2. The van der Waals surface area contributed by atoms with Gasteiger partial charge < -0.3 is 15.3 Å². The molecule has 0 unspecified atom stereocenters. The first-order valence-electron chi connectivity index (χ1n) is 5.31. The quantitative estimate of drug-likeness (QED) is 0.871. The highest BCUT2D eigenvalue weighted by Gasteiger charge is 2.36. The smallest absolute Gasteiger partial charge is 0.322 e. The van der Waals surface area contributed by atoms with Crippen LogP contribution >= 0.6 is 15.9 Å². The molecule has 1 saturated heterocycles. The van der Waals surface area contributed by atoms with Crippen LogP contribution in [0.3, 0.4) is 0 Å². The molecule has 1 aromatic rings. The van der Waals surface area contributed by atoms with Crippen LogP contribution in [0.4, 0.5) is 19.3 Å². The molecule has 1 aromatic carbocycles. The fourth-order valence-electron chi connectivity index (χ4n) is 1.65. The summed E-state index contributed by atoms with van der Waals surface area (Å²) in [6.45, 7) is 0.142. The number of urea groups is 1. The van der Waals surface area contributed by atoms with Crippen LogP contribution in [0.25, 0.3) is 0 Å². The van der Waals surface area contributed by atoms with E-state index in [0.717, 1.165) is 6.07 Å². The summed E-state index contributed by atoms with van der Waals surface area (Å²) < 4.78 is 26.4. The summed E-state index contributed by atoms with van der Waals surface area (Å²) in [7, 11) is 0. The Morgan fingerprint density at radius 2 is 2.00 bits per heavy atom. The lowest BCUT2D eigenvalue weighted by molar-refractivity contribution is -0.145. The van der Waals surface area contributed by atoms with Crippen molar-refractivity contribution in [2.75, 3.05) is 18.4 Å². The molecule has 2 rings (SSSR count). The van der Waals surface area contributed by atoms with Gasteiger partial charge in [0.1, 0.15) is 5.82 Å². The highest BCUT2D eigenvalue weighted by Crippen LogP contribution is 2.28. The van der Waals surface area contributed by atoms with Crippen LogP contribution in [0.1, 0.15) is 0 Å². The molecule has 0 bridgehead atoms. The number of rotatable bonds is 2. The number of nitrogens with zero attached hydrogens (tertiary/aromatic N) is 1. The molecule has 0 aliphatic carbocycles.